The number of likely N-dealkylation sites (tertiary alicyclic amines) is 1. The van der Waals surface area contributed by atoms with E-state index in [9.17, 15) is 14.7 Å². The summed E-state index contributed by atoms with van der Waals surface area (Å²) in [7, 11) is 0. The molecule has 1 aromatic carbocycles. The molecule has 2 rings (SSSR count). The largest absolute Gasteiger partial charge is 0.550 e. The number of ketones is 1. The van der Waals surface area contributed by atoms with E-state index in [0.717, 1.165) is 10.5 Å². The normalized spacial score (nSPS) is 22.5. The van der Waals surface area contributed by atoms with Gasteiger partial charge in [-0.15, -0.1) is 0 Å². The number of carboxylic acid groups (broad SMARTS) is 1. The van der Waals surface area contributed by atoms with Crippen molar-refractivity contribution in [3.63, 3.8) is 0 Å². The highest BCUT2D eigenvalue weighted by atomic mass is 35.5. The van der Waals surface area contributed by atoms with Crippen molar-refractivity contribution in [2.75, 3.05) is 19.6 Å². The number of benzene rings is 1. The summed E-state index contributed by atoms with van der Waals surface area (Å²) < 4.78 is 0. The van der Waals surface area contributed by atoms with Crippen molar-refractivity contribution in [1.82, 2.24) is 0 Å². The lowest BCUT2D eigenvalue weighted by Gasteiger charge is -2.29. The average Bonchev–Trinajstić information content (AvgIpc) is 2.42. The van der Waals surface area contributed by atoms with E-state index in [2.05, 4.69) is 0 Å². The molecule has 0 unspecified atom stereocenters. The second-order valence-electron chi connectivity index (χ2n) is 5.41. The van der Waals surface area contributed by atoms with E-state index in [-0.39, 0.29) is 11.7 Å². The number of aryl methyl sites for hydroxylation is 1. The quantitative estimate of drug-likeness (QED) is 0.788. The van der Waals surface area contributed by atoms with E-state index in [1.54, 1.807) is 18.2 Å². The Morgan fingerprint density at radius 3 is 2.55 bits per heavy atom. The van der Waals surface area contributed by atoms with Gasteiger partial charge in [0.2, 0.25) is 5.78 Å². The van der Waals surface area contributed by atoms with Crippen LogP contribution >= 0.6 is 11.6 Å². The van der Waals surface area contributed by atoms with Crippen LogP contribution in [0.2, 0.25) is 5.02 Å². The molecule has 0 bridgehead atoms. The first-order chi connectivity index (χ1) is 9.47. The summed E-state index contributed by atoms with van der Waals surface area (Å²) in [4.78, 5) is 24.1. The molecule has 0 atom stereocenters. The predicted molar refractivity (Wildman–Crippen MR) is 73.8 cm³/mol. The molecule has 1 N–H and O–H groups in total. The van der Waals surface area contributed by atoms with Crippen LogP contribution in [0.3, 0.4) is 0 Å². The number of aliphatic carboxylic acids is 1. The SMILES string of the molecule is Cc1cc(C(=O)C[NH+]2CCC(C(=O)[O-])CC2)ccc1Cl. The average molecular weight is 296 g/mol. The number of rotatable bonds is 4. The smallest absolute Gasteiger partial charge is 0.216 e. The minimum atomic E-state index is -0.969. The minimum absolute atomic E-state index is 0.0756. The second-order valence-corrected chi connectivity index (χ2v) is 5.81. The van der Waals surface area contributed by atoms with E-state index in [0.29, 0.717) is 43.1 Å². The van der Waals surface area contributed by atoms with Gasteiger partial charge in [-0.25, -0.2) is 0 Å². The molecular formula is C15H18ClNO3. The van der Waals surface area contributed by atoms with Crippen molar-refractivity contribution < 1.29 is 19.6 Å². The van der Waals surface area contributed by atoms with Crippen LogP contribution < -0.4 is 10.0 Å². The number of carboxylic acids is 1. The molecule has 4 nitrogen and oxygen atoms in total. The van der Waals surface area contributed by atoms with Crippen molar-refractivity contribution in [2.45, 2.75) is 19.8 Å². The molecule has 1 aromatic rings. The van der Waals surface area contributed by atoms with Gasteiger partial charge < -0.3 is 14.8 Å². The molecule has 1 aliphatic rings. The Balaban J connectivity index is 1.92. The summed E-state index contributed by atoms with van der Waals surface area (Å²) in [5.41, 5.74) is 1.56. The zero-order chi connectivity index (χ0) is 14.7. The standard InChI is InChI=1S/C15H18ClNO3/c1-10-8-12(2-3-13(10)16)14(18)9-17-6-4-11(5-7-17)15(19)20/h2-3,8,11H,4-7,9H2,1H3,(H,19,20). The molecule has 20 heavy (non-hydrogen) atoms. The van der Waals surface area contributed by atoms with Crippen LogP contribution in [0, 0.1) is 12.8 Å². The lowest BCUT2D eigenvalue weighted by atomic mass is 9.96. The van der Waals surface area contributed by atoms with Gasteiger partial charge in [0.15, 0.2) is 0 Å². The monoisotopic (exact) mass is 295 g/mol. The van der Waals surface area contributed by atoms with Crippen molar-refractivity contribution in [2.24, 2.45) is 5.92 Å². The van der Waals surface area contributed by atoms with Gasteiger partial charge in [-0.1, -0.05) is 11.6 Å². The third-order valence-electron chi connectivity index (χ3n) is 3.92. The summed E-state index contributed by atoms with van der Waals surface area (Å²) in [5, 5.41) is 11.4. The lowest BCUT2D eigenvalue weighted by Crippen LogP contribution is -3.14. The molecule has 1 heterocycles. The number of carbonyl (C=O) groups is 2. The Labute approximate surface area is 123 Å². The maximum absolute atomic E-state index is 12.2. The summed E-state index contributed by atoms with van der Waals surface area (Å²) in [6.07, 6.45) is 1.18. The molecule has 0 aliphatic carbocycles. The topological polar surface area (TPSA) is 61.6 Å². The zero-order valence-corrected chi connectivity index (χ0v) is 12.2. The Bertz CT molecular complexity index is 522. The maximum atomic E-state index is 12.2. The van der Waals surface area contributed by atoms with Gasteiger partial charge in [0, 0.05) is 35.3 Å². The van der Waals surface area contributed by atoms with Gasteiger partial charge in [0.1, 0.15) is 6.54 Å². The molecule has 1 saturated heterocycles. The Kier molecular flexibility index (Phi) is 4.78. The van der Waals surface area contributed by atoms with Gasteiger partial charge in [0.05, 0.1) is 13.1 Å². The van der Waals surface area contributed by atoms with Gasteiger partial charge >= 0.3 is 0 Å². The lowest BCUT2D eigenvalue weighted by molar-refractivity contribution is -0.897. The molecule has 5 heteroatoms. The maximum Gasteiger partial charge on any atom is 0.216 e. The van der Waals surface area contributed by atoms with E-state index >= 15 is 0 Å². The Morgan fingerprint density at radius 2 is 2.00 bits per heavy atom. The van der Waals surface area contributed by atoms with Crippen LogP contribution in [-0.4, -0.2) is 31.4 Å². The van der Waals surface area contributed by atoms with Crippen LogP contribution in [0.5, 0.6) is 0 Å². The molecule has 0 radical (unpaired) electrons. The molecule has 1 aliphatic heterocycles. The van der Waals surface area contributed by atoms with Crippen molar-refractivity contribution in [3.8, 4) is 0 Å². The summed E-state index contributed by atoms with van der Waals surface area (Å²) >= 11 is 5.94. The number of Topliss-reactive ketones (excluding diaryl/α,β-unsaturated/α-hetero) is 1. The van der Waals surface area contributed by atoms with Crippen LogP contribution in [0.1, 0.15) is 28.8 Å². The molecule has 108 valence electrons. The Morgan fingerprint density at radius 1 is 1.35 bits per heavy atom. The number of carbonyl (C=O) groups excluding carboxylic acids is 2. The number of quaternary nitrogens is 1. The molecule has 0 spiro atoms. The van der Waals surface area contributed by atoms with Crippen molar-refractivity contribution in [3.05, 3.63) is 34.3 Å². The number of hydrogen-bond acceptors (Lipinski definition) is 3. The van der Waals surface area contributed by atoms with E-state index in [1.165, 1.54) is 0 Å². The molecule has 1 fully saturated rings. The van der Waals surface area contributed by atoms with Gasteiger partial charge in [-0.05, 0) is 30.7 Å². The highest BCUT2D eigenvalue weighted by Gasteiger charge is 2.24. The summed E-state index contributed by atoms with van der Waals surface area (Å²) in [6, 6.07) is 5.28. The first-order valence-electron chi connectivity index (χ1n) is 6.81. The van der Waals surface area contributed by atoms with Crippen LogP contribution in [-0.2, 0) is 4.79 Å². The Hall–Kier alpha value is -1.39. The van der Waals surface area contributed by atoms with Crippen molar-refractivity contribution in [1.29, 1.82) is 0 Å². The summed E-state index contributed by atoms with van der Waals surface area (Å²) in [5.74, 6) is -1.25. The van der Waals surface area contributed by atoms with Gasteiger partial charge in [0.25, 0.3) is 0 Å². The van der Waals surface area contributed by atoms with Gasteiger partial charge in [-0.2, -0.15) is 0 Å². The zero-order valence-electron chi connectivity index (χ0n) is 11.4. The fourth-order valence-corrected chi connectivity index (χ4v) is 2.70. The van der Waals surface area contributed by atoms with E-state index in [1.807, 2.05) is 6.92 Å². The fraction of sp³-hybridized carbons (Fsp3) is 0.467. The molecule has 0 aromatic heterocycles. The highest BCUT2D eigenvalue weighted by molar-refractivity contribution is 6.31. The molecular weight excluding hydrogens is 278 g/mol. The first-order valence-corrected chi connectivity index (χ1v) is 7.19. The summed E-state index contributed by atoms with van der Waals surface area (Å²) in [6.45, 7) is 3.69. The number of hydrogen-bond donors (Lipinski definition) is 1. The van der Waals surface area contributed by atoms with E-state index in [4.69, 9.17) is 11.6 Å². The third-order valence-corrected chi connectivity index (χ3v) is 4.34. The highest BCUT2D eigenvalue weighted by Crippen LogP contribution is 2.16. The second kappa shape index (κ2) is 6.37. The first kappa shape index (κ1) is 15.0. The number of halogens is 1. The fourth-order valence-electron chi connectivity index (χ4n) is 2.59. The van der Waals surface area contributed by atoms with E-state index < -0.39 is 5.97 Å². The van der Waals surface area contributed by atoms with Crippen molar-refractivity contribution >= 4 is 23.4 Å². The van der Waals surface area contributed by atoms with Crippen LogP contribution in [0.4, 0.5) is 0 Å². The molecule has 0 saturated carbocycles. The molecule has 0 amide bonds. The number of nitrogens with one attached hydrogen (secondary N) is 1. The van der Waals surface area contributed by atoms with Crippen LogP contribution in [0.15, 0.2) is 18.2 Å². The number of piperidine rings is 1. The third kappa shape index (κ3) is 3.58. The predicted octanol–water partition coefficient (Wildman–Crippen LogP) is -0.124. The van der Waals surface area contributed by atoms with Crippen LogP contribution in [0.25, 0.3) is 0 Å². The minimum Gasteiger partial charge on any atom is -0.550 e. The van der Waals surface area contributed by atoms with Gasteiger partial charge in [-0.3, -0.25) is 4.79 Å².